The first-order valence-electron chi connectivity index (χ1n) is 8.72. The number of carboxylic acids is 1. The van der Waals surface area contributed by atoms with Crippen LogP contribution in [0.15, 0.2) is 23.2 Å². The van der Waals surface area contributed by atoms with Crippen molar-refractivity contribution in [3.63, 3.8) is 0 Å². The molecule has 0 bridgehead atoms. The summed E-state index contributed by atoms with van der Waals surface area (Å²) >= 11 is 1.33. The molecule has 1 aromatic rings. The maximum atomic E-state index is 12.2. The lowest BCUT2D eigenvalue weighted by Crippen LogP contribution is -2.37. The first-order valence-corrected chi connectivity index (χ1v) is 11.4. The van der Waals surface area contributed by atoms with Crippen LogP contribution in [0.25, 0.3) is 0 Å². The summed E-state index contributed by atoms with van der Waals surface area (Å²) in [6.45, 7) is 3.94. The number of carbonyl (C=O) groups excluding carboxylic acids is 1. The van der Waals surface area contributed by atoms with Crippen molar-refractivity contribution in [1.82, 2.24) is 0 Å². The van der Waals surface area contributed by atoms with Gasteiger partial charge in [-0.25, -0.2) is 8.42 Å². The number of aryl methyl sites for hydroxylation is 2. The Hall–Kier alpha value is -1.87. The number of carbonyl (C=O) groups is 2. The monoisotopic (exact) mass is 410 g/mol. The van der Waals surface area contributed by atoms with E-state index in [4.69, 9.17) is 5.11 Å². The van der Waals surface area contributed by atoms with Crippen molar-refractivity contribution in [2.75, 3.05) is 16.4 Å². The number of hydrogen-bond donors (Lipinski definition) is 1. The summed E-state index contributed by atoms with van der Waals surface area (Å²) in [6, 6.07) is 5.71. The van der Waals surface area contributed by atoms with Gasteiger partial charge in [-0.3, -0.25) is 9.59 Å². The van der Waals surface area contributed by atoms with Gasteiger partial charge >= 0.3 is 5.97 Å². The number of aliphatic carboxylic acids is 1. The average molecular weight is 411 g/mol. The molecule has 7 nitrogen and oxygen atoms in total. The average Bonchev–Trinajstić information content (AvgIpc) is 2.96. The Morgan fingerprint density at radius 2 is 1.85 bits per heavy atom. The first-order chi connectivity index (χ1) is 12.6. The zero-order valence-corrected chi connectivity index (χ0v) is 16.8. The lowest BCUT2D eigenvalue weighted by Gasteiger charge is -2.25. The third kappa shape index (κ3) is 4.70. The van der Waals surface area contributed by atoms with Crippen molar-refractivity contribution < 1.29 is 23.1 Å². The molecule has 2 aliphatic rings. The van der Waals surface area contributed by atoms with Gasteiger partial charge in [0.15, 0.2) is 15.0 Å². The highest BCUT2D eigenvalue weighted by Gasteiger charge is 2.49. The Kier molecular flexibility index (Phi) is 5.62. The predicted molar refractivity (Wildman–Crippen MR) is 106 cm³/mol. The molecule has 27 heavy (non-hydrogen) atoms. The van der Waals surface area contributed by atoms with Gasteiger partial charge in [0.2, 0.25) is 5.91 Å². The van der Waals surface area contributed by atoms with E-state index in [0.29, 0.717) is 5.17 Å². The predicted octanol–water partition coefficient (Wildman–Crippen LogP) is 2.16. The molecule has 0 radical (unpaired) electrons. The van der Waals surface area contributed by atoms with Gasteiger partial charge in [-0.2, -0.15) is 4.99 Å². The van der Waals surface area contributed by atoms with Crippen molar-refractivity contribution in [1.29, 1.82) is 0 Å². The number of sulfone groups is 1. The van der Waals surface area contributed by atoms with Gasteiger partial charge < -0.3 is 10.0 Å². The Bertz CT molecular complexity index is 890. The van der Waals surface area contributed by atoms with Crippen LogP contribution in [0.1, 0.15) is 30.4 Å². The number of aliphatic imine (C=N–C) groups is 1. The summed E-state index contributed by atoms with van der Waals surface area (Å²) in [5.41, 5.74) is 2.93. The van der Waals surface area contributed by atoms with E-state index in [1.165, 1.54) is 11.8 Å². The molecule has 1 N–H and O–H groups in total. The number of nitrogens with zero attached hydrogens (tertiary/aromatic N) is 2. The molecule has 2 aliphatic heterocycles. The van der Waals surface area contributed by atoms with E-state index in [0.717, 1.165) is 16.8 Å². The molecule has 9 heteroatoms. The second kappa shape index (κ2) is 7.63. The van der Waals surface area contributed by atoms with E-state index >= 15 is 0 Å². The summed E-state index contributed by atoms with van der Waals surface area (Å²) in [5.74, 6) is -1.20. The minimum absolute atomic E-state index is 0.0455. The second-order valence-electron chi connectivity index (χ2n) is 7.05. The van der Waals surface area contributed by atoms with E-state index in [2.05, 4.69) is 4.99 Å². The number of fused-ring (bicyclic) bond motifs is 1. The maximum absolute atomic E-state index is 12.2. The molecule has 2 atom stereocenters. The number of amides is 1. The van der Waals surface area contributed by atoms with Crippen LogP contribution in [0.3, 0.4) is 0 Å². The SMILES string of the molecule is Cc1cc(C)cc(N2C(=NC(=O)CCCC(=O)O)S[C@@H]3CS(=O)(=O)C[C@H]32)c1. The first kappa shape index (κ1) is 19.9. The molecule has 2 heterocycles. The largest absolute Gasteiger partial charge is 0.481 e. The normalized spacial score (nSPS) is 25.0. The summed E-state index contributed by atoms with van der Waals surface area (Å²) in [7, 11) is -3.11. The topological polar surface area (TPSA) is 104 Å². The number of hydrogen-bond acceptors (Lipinski definition) is 5. The van der Waals surface area contributed by atoms with Crippen molar-refractivity contribution >= 4 is 44.3 Å². The zero-order chi connectivity index (χ0) is 19.8. The fourth-order valence-corrected chi connectivity index (χ4v) is 7.44. The Morgan fingerprint density at radius 1 is 1.19 bits per heavy atom. The van der Waals surface area contributed by atoms with Gasteiger partial charge in [-0.05, 0) is 43.5 Å². The van der Waals surface area contributed by atoms with Gasteiger partial charge in [0, 0.05) is 23.8 Å². The van der Waals surface area contributed by atoms with Crippen LogP contribution in [0.5, 0.6) is 0 Å². The summed E-state index contributed by atoms with van der Waals surface area (Å²) in [5, 5.41) is 9.05. The second-order valence-corrected chi connectivity index (χ2v) is 10.4. The molecule has 0 spiro atoms. The molecule has 2 saturated heterocycles. The highest BCUT2D eigenvalue weighted by Crippen LogP contribution is 2.41. The van der Waals surface area contributed by atoms with Crippen LogP contribution in [0.2, 0.25) is 0 Å². The smallest absolute Gasteiger partial charge is 0.303 e. The standard InChI is InChI=1S/C18H22N2O5S2/c1-11-6-12(2)8-13(7-11)20-14-9-27(24,25)10-15(14)26-18(20)19-16(21)4-3-5-17(22)23/h6-8,14-15H,3-5,9-10H2,1-2H3,(H,22,23)/t14-,15-/m1/s1. The number of carboxylic acid groups (broad SMARTS) is 1. The van der Waals surface area contributed by atoms with Crippen LogP contribution in [0, 0.1) is 13.8 Å². The maximum Gasteiger partial charge on any atom is 0.303 e. The number of amidine groups is 1. The minimum atomic E-state index is -3.11. The Labute approximate surface area is 162 Å². The fraction of sp³-hybridized carbons (Fsp3) is 0.500. The van der Waals surface area contributed by atoms with Crippen molar-refractivity contribution in [2.45, 2.75) is 44.4 Å². The summed E-state index contributed by atoms with van der Waals surface area (Å²) < 4.78 is 24.2. The molecular weight excluding hydrogens is 388 g/mol. The number of rotatable bonds is 5. The molecule has 2 fully saturated rings. The van der Waals surface area contributed by atoms with Crippen LogP contribution in [-0.2, 0) is 19.4 Å². The van der Waals surface area contributed by atoms with E-state index in [1.807, 2.05) is 36.9 Å². The van der Waals surface area contributed by atoms with Gasteiger partial charge in [-0.1, -0.05) is 17.8 Å². The third-order valence-corrected chi connectivity index (χ3v) is 7.76. The molecular formula is C18H22N2O5S2. The minimum Gasteiger partial charge on any atom is -0.481 e. The molecule has 3 rings (SSSR count). The van der Waals surface area contributed by atoms with Gasteiger partial charge in [-0.15, -0.1) is 0 Å². The quantitative estimate of drug-likeness (QED) is 0.793. The zero-order valence-electron chi connectivity index (χ0n) is 15.2. The highest BCUT2D eigenvalue weighted by molar-refractivity contribution is 8.16. The van der Waals surface area contributed by atoms with Crippen molar-refractivity contribution in [3.8, 4) is 0 Å². The molecule has 0 unspecified atom stereocenters. The Balaban J connectivity index is 1.89. The molecule has 0 aromatic heterocycles. The fourth-order valence-electron chi connectivity index (χ4n) is 3.51. The molecule has 146 valence electrons. The van der Waals surface area contributed by atoms with Gasteiger partial charge in [0.25, 0.3) is 0 Å². The van der Waals surface area contributed by atoms with E-state index < -0.39 is 15.8 Å². The molecule has 1 amide bonds. The van der Waals surface area contributed by atoms with Crippen LogP contribution < -0.4 is 4.90 Å². The van der Waals surface area contributed by atoms with Crippen molar-refractivity contribution in [2.24, 2.45) is 4.99 Å². The molecule has 0 aliphatic carbocycles. The van der Waals surface area contributed by atoms with Crippen LogP contribution in [-0.4, -0.2) is 53.4 Å². The Morgan fingerprint density at radius 3 is 2.48 bits per heavy atom. The van der Waals surface area contributed by atoms with Gasteiger partial charge in [0.1, 0.15) is 0 Å². The summed E-state index contributed by atoms with van der Waals surface area (Å²) in [4.78, 5) is 28.9. The van der Waals surface area contributed by atoms with Gasteiger partial charge in [0.05, 0.1) is 17.5 Å². The molecule has 0 saturated carbocycles. The third-order valence-electron chi connectivity index (χ3n) is 4.55. The number of thioether (sulfide) groups is 1. The lowest BCUT2D eigenvalue weighted by atomic mass is 10.1. The van der Waals surface area contributed by atoms with Crippen LogP contribution in [0.4, 0.5) is 5.69 Å². The number of benzene rings is 1. The van der Waals surface area contributed by atoms with E-state index in [-0.39, 0.29) is 48.0 Å². The van der Waals surface area contributed by atoms with Crippen molar-refractivity contribution in [3.05, 3.63) is 29.3 Å². The van der Waals surface area contributed by atoms with E-state index in [1.54, 1.807) is 0 Å². The van der Waals surface area contributed by atoms with Crippen LogP contribution >= 0.6 is 11.8 Å². The van der Waals surface area contributed by atoms with E-state index in [9.17, 15) is 18.0 Å². The lowest BCUT2D eigenvalue weighted by molar-refractivity contribution is -0.137. The number of anilines is 1. The summed E-state index contributed by atoms with van der Waals surface area (Å²) in [6.07, 6.45) is 0.221. The molecule has 1 aromatic carbocycles. The highest BCUT2D eigenvalue weighted by atomic mass is 32.2.